The molecule has 15 heavy (non-hydrogen) atoms. The van der Waals surface area contributed by atoms with Crippen LogP contribution < -0.4 is 0 Å². The number of hydrogen-bond acceptors (Lipinski definition) is 2. The maximum absolute atomic E-state index is 10.4. The molecule has 0 atom stereocenters. The average Bonchev–Trinajstić information content (AvgIpc) is 2.20. The number of rotatable bonds is 6. The van der Waals surface area contributed by atoms with Gasteiger partial charge in [-0.1, -0.05) is 24.3 Å². The normalized spacial score (nSPS) is 10.2. The molecule has 0 bridgehead atoms. The molecule has 0 aliphatic carbocycles. The van der Waals surface area contributed by atoms with E-state index in [-0.39, 0.29) is 13.0 Å². The Kier molecular flexibility index (Phi) is 4.84. The summed E-state index contributed by atoms with van der Waals surface area (Å²) in [5.74, 6) is -0.803. The molecule has 3 heteroatoms. The number of aliphatic carboxylic acids is 1. The molecule has 0 fully saturated rings. The van der Waals surface area contributed by atoms with E-state index in [1.807, 2.05) is 24.3 Å². The van der Waals surface area contributed by atoms with Gasteiger partial charge in [-0.25, -0.2) is 0 Å². The standard InChI is InChI=1S/C12H16O3/c13-8-2-1-3-10-4-6-11(7-5-10)9-12(14)15/h4-7,13H,1-3,8-9H2,(H,14,15). The van der Waals surface area contributed by atoms with Gasteiger partial charge in [-0.05, 0) is 30.4 Å². The van der Waals surface area contributed by atoms with Crippen LogP contribution in [0.4, 0.5) is 0 Å². The largest absolute Gasteiger partial charge is 0.481 e. The summed E-state index contributed by atoms with van der Waals surface area (Å²) in [5.41, 5.74) is 2.02. The zero-order chi connectivity index (χ0) is 11.1. The summed E-state index contributed by atoms with van der Waals surface area (Å²) in [6.45, 7) is 0.233. The Morgan fingerprint density at radius 1 is 1.07 bits per heavy atom. The lowest BCUT2D eigenvalue weighted by atomic mass is 10.0. The summed E-state index contributed by atoms with van der Waals surface area (Å²) in [6, 6.07) is 7.61. The third-order valence-electron chi connectivity index (χ3n) is 2.25. The highest BCUT2D eigenvalue weighted by atomic mass is 16.4. The summed E-state index contributed by atoms with van der Waals surface area (Å²) in [6.07, 6.45) is 2.80. The summed E-state index contributed by atoms with van der Waals surface area (Å²) >= 11 is 0. The van der Waals surface area contributed by atoms with Gasteiger partial charge in [-0.3, -0.25) is 4.79 Å². The van der Waals surface area contributed by atoms with E-state index in [0.29, 0.717) is 0 Å². The molecule has 0 saturated carbocycles. The van der Waals surface area contributed by atoms with Crippen molar-refractivity contribution in [3.63, 3.8) is 0 Å². The molecule has 0 aromatic heterocycles. The fourth-order valence-electron chi connectivity index (χ4n) is 1.44. The van der Waals surface area contributed by atoms with E-state index in [4.69, 9.17) is 10.2 Å². The van der Waals surface area contributed by atoms with Crippen molar-refractivity contribution >= 4 is 5.97 Å². The highest BCUT2D eigenvalue weighted by molar-refractivity contribution is 5.70. The predicted octanol–water partition coefficient (Wildman–Crippen LogP) is 1.63. The number of carboxylic acid groups (broad SMARTS) is 1. The molecule has 2 N–H and O–H groups in total. The molecule has 0 saturated heterocycles. The van der Waals surface area contributed by atoms with E-state index in [2.05, 4.69) is 0 Å². The van der Waals surface area contributed by atoms with Crippen molar-refractivity contribution < 1.29 is 15.0 Å². The Labute approximate surface area is 89.4 Å². The van der Waals surface area contributed by atoms with Crippen molar-refractivity contribution in [2.24, 2.45) is 0 Å². The summed E-state index contributed by atoms with van der Waals surface area (Å²) in [5, 5.41) is 17.2. The molecule has 0 radical (unpaired) electrons. The number of aliphatic hydroxyl groups is 1. The molecule has 0 amide bonds. The molecule has 0 aliphatic rings. The van der Waals surface area contributed by atoms with Gasteiger partial charge >= 0.3 is 5.97 Å². The Hall–Kier alpha value is -1.35. The Morgan fingerprint density at radius 2 is 1.67 bits per heavy atom. The fraction of sp³-hybridized carbons (Fsp3) is 0.417. The van der Waals surface area contributed by atoms with E-state index in [0.717, 1.165) is 24.8 Å². The highest BCUT2D eigenvalue weighted by Gasteiger charge is 2.00. The molecule has 0 unspecified atom stereocenters. The molecule has 3 nitrogen and oxygen atoms in total. The van der Waals surface area contributed by atoms with Crippen molar-refractivity contribution in [1.29, 1.82) is 0 Å². The summed E-state index contributed by atoms with van der Waals surface area (Å²) in [4.78, 5) is 10.4. The minimum Gasteiger partial charge on any atom is -0.481 e. The fourth-order valence-corrected chi connectivity index (χ4v) is 1.44. The minimum absolute atomic E-state index is 0.0803. The second-order valence-corrected chi connectivity index (χ2v) is 3.57. The first kappa shape index (κ1) is 11.7. The number of carboxylic acids is 1. The van der Waals surface area contributed by atoms with Crippen LogP contribution in [0, 0.1) is 0 Å². The van der Waals surface area contributed by atoms with Crippen molar-refractivity contribution in [3.8, 4) is 0 Å². The number of aryl methyl sites for hydroxylation is 1. The smallest absolute Gasteiger partial charge is 0.307 e. The molecule has 0 heterocycles. The van der Waals surface area contributed by atoms with Gasteiger partial charge in [0.05, 0.1) is 6.42 Å². The lowest BCUT2D eigenvalue weighted by molar-refractivity contribution is -0.136. The van der Waals surface area contributed by atoms with E-state index in [1.165, 1.54) is 5.56 Å². The highest BCUT2D eigenvalue weighted by Crippen LogP contribution is 2.08. The molecular formula is C12H16O3. The topological polar surface area (TPSA) is 57.5 Å². The van der Waals surface area contributed by atoms with E-state index < -0.39 is 5.97 Å². The van der Waals surface area contributed by atoms with Gasteiger partial charge in [0.1, 0.15) is 0 Å². The van der Waals surface area contributed by atoms with Crippen LogP contribution in [-0.4, -0.2) is 22.8 Å². The number of unbranched alkanes of at least 4 members (excludes halogenated alkanes) is 1. The third kappa shape index (κ3) is 4.61. The Morgan fingerprint density at radius 3 is 2.20 bits per heavy atom. The van der Waals surface area contributed by atoms with Gasteiger partial charge in [-0.15, -0.1) is 0 Å². The van der Waals surface area contributed by atoms with Crippen molar-refractivity contribution in [1.82, 2.24) is 0 Å². The first-order valence-corrected chi connectivity index (χ1v) is 5.13. The van der Waals surface area contributed by atoms with Gasteiger partial charge in [-0.2, -0.15) is 0 Å². The van der Waals surface area contributed by atoms with E-state index in [9.17, 15) is 4.79 Å². The van der Waals surface area contributed by atoms with Gasteiger partial charge in [0.25, 0.3) is 0 Å². The summed E-state index contributed by atoms with van der Waals surface area (Å²) < 4.78 is 0. The first-order valence-electron chi connectivity index (χ1n) is 5.13. The lowest BCUT2D eigenvalue weighted by Gasteiger charge is -2.02. The maximum atomic E-state index is 10.4. The molecule has 1 aromatic carbocycles. The Balaban J connectivity index is 2.45. The molecule has 0 aliphatic heterocycles. The number of aliphatic hydroxyl groups excluding tert-OH is 1. The van der Waals surface area contributed by atoms with E-state index in [1.54, 1.807) is 0 Å². The van der Waals surface area contributed by atoms with Crippen LogP contribution in [0.1, 0.15) is 24.0 Å². The van der Waals surface area contributed by atoms with E-state index >= 15 is 0 Å². The van der Waals surface area contributed by atoms with Crippen molar-refractivity contribution in [3.05, 3.63) is 35.4 Å². The molecule has 1 aromatic rings. The van der Waals surface area contributed by atoms with Gasteiger partial charge in [0, 0.05) is 6.61 Å². The third-order valence-corrected chi connectivity index (χ3v) is 2.25. The number of benzene rings is 1. The molecule has 82 valence electrons. The Bertz CT molecular complexity index is 303. The number of hydrogen-bond donors (Lipinski definition) is 2. The van der Waals surface area contributed by atoms with Crippen LogP contribution in [0.15, 0.2) is 24.3 Å². The number of carbonyl (C=O) groups is 1. The summed E-state index contributed by atoms with van der Waals surface area (Å²) in [7, 11) is 0. The van der Waals surface area contributed by atoms with Crippen LogP contribution >= 0.6 is 0 Å². The quantitative estimate of drug-likeness (QED) is 0.698. The van der Waals surface area contributed by atoms with Crippen molar-refractivity contribution in [2.75, 3.05) is 6.61 Å². The lowest BCUT2D eigenvalue weighted by Crippen LogP contribution is -1.99. The van der Waals surface area contributed by atoms with Crippen LogP contribution in [0.3, 0.4) is 0 Å². The van der Waals surface area contributed by atoms with Crippen LogP contribution in [0.2, 0.25) is 0 Å². The van der Waals surface area contributed by atoms with Crippen LogP contribution in [-0.2, 0) is 17.6 Å². The average molecular weight is 208 g/mol. The molecule has 0 spiro atoms. The van der Waals surface area contributed by atoms with Crippen LogP contribution in [0.5, 0.6) is 0 Å². The second-order valence-electron chi connectivity index (χ2n) is 3.57. The van der Waals surface area contributed by atoms with Crippen molar-refractivity contribution in [2.45, 2.75) is 25.7 Å². The SMILES string of the molecule is O=C(O)Cc1ccc(CCCCO)cc1. The minimum atomic E-state index is -0.803. The molecule has 1 rings (SSSR count). The predicted molar refractivity (Wildman–Crippen MR) is 57.8 cm³/mol. The molecular weight excluding hydrogens is 192 g/mol. The maximum Gasteiger partial charge on any atom is 0.307 e. The van der Waals surface area contributed by atoms with Gasteiger partial charge < -0.3 is 10.2 Å². The van der Waals surface area contributed by atoms with Crippen LogP contribution in [0.25, 0.3) is 0 Å². The van der Waals surface area contributed by atoms with Gasteiger partial charge in [0.15, 0.2) is 0 Å². The monoisotopic (exact) mass is 208 g/mol. The zero-order valence-electron chi connectivity index (χ0n) is 8.65. The first-order chi connectivity index (χ1) is 7.22. The second kappa shape index (κ2) is 6.19. The van der Waals surface area contributed by atoms with Gasteiger partial charge in [0.2, 0.25) is 0 Å². The zero-order valence-corrected chi connectivity index (χ0v) is 8.65.